The lowest BCUT2D eigenvalue weighted by atomic mass is 9.86. The summed E-state index contributed by atoms with van der Waals surface area (Å²) in [5.41, 5.74) is 0.628. The van der Waals surface area contributed by atoms with Crippen LogP contribution in [0.5, 0.6) is 0 Å². The van der Waals surface area contributed by atoms with E-state index in [-0.39, 0.29) is 5.92 Å². The minimum atomic E-state index is -0.540. The first kappa shape index (κ1) is 10.2. The standard InChI is InChI=1S/C11H16O2/c1-9(11(2,3)13-12)10-7-5-4-6-8-10/h4-9,12H,1-3H3. The van der Waals surface area contributed by atoms with Crippen LogP contribution in [0, 0.1) is 0 Å². The van der Waals surface area contributed by atoms with Crippen molar-refractivity contribution in [2.45, 2.75) is 32.3 Å². The summed E-state index contributed by atoms with van der Waals surface area (Å²) in [4.78, 5) is 4.45. The van der Waals surface area contributed by atoms with E-state index in [1.54, 1.807) is 0 Å². The van der Waals surface area contributed by atoms with Gasteiger partial charge in [-0.25, -0.2) is 4.89 Å². The van der Waals surface area contributed by atoms with Gasteiger partial charge in [0.2, 0.25) is 0 Å². The molecule has 13 heavy (non-hydrogen) atoms. The fraction of sp³-hybridized carbons (Fsp3) is 0.455. The van der Waals surface area contributed by atoms with Gasteiger partial charge in [-0.2, -0.15) is 0 Å². The Labute approximate surface area is 79.1 Å². The van der Waals surface area contributed by atoms with E-state index in [2.05, 4.69) is 4.89 Å². The third-order valence-electron chi connectivity index (χ3n) is 2.58. The summed E-state index contributed by atoms with van der Waals surface area (Å²) >= 11 is 0. The molecule has 0 aliphatic rings. The van der Waals surface area contributed by atoms with Crippen LogP contribution in [0.2, 0.25) is 0 Å². The van der Waals surface area contributed by atoms with Gasteiger partial charge in [-0.1, -0.05) is 37.3 Å². The number of hydrogen-bond donors (Lipinski definition) is 1. The third kappa shape index (κ3) is 2.29. The molecule has 1 aromatic rings. The van der Waals surface area contributed by atoms with E-state index in [0.717, 1.165) is 0 Å². The molecule has 0 radical (unpaired) electrons. The zero-order valence-electron chi connectivity index (χ0n) is 8.32. The Morgan fingerprint density at radius 2 is 1.77 bits per heavy atom. The van der Waals surface area contributed by atoms with Gasteiger partial charge >= 0.3 is 0 Å². The fourth-order valence-electron chi connectivity index (χ4n) is 1.22. The van der Waals surface area contributed by atoms with Crippen LogP contribution in [0.4, 0.5) is 0 Å². The van der Waals surface area contributed by atoms with Gasteiger partial charge in [0.1, 0.15) is 5.60 Å². The molecular weight excluding hydrogens is 164 g/mol. The molecular formula is C11H16O2. The highest BCUT2D eigenvalue weighted by Crippen LogP contribution is 2.29. The largest absolute Gasteiger partial charge is 0.251 e. The van der Waals surface area contributed by atoms with Crippen LogP contribution in [0.3, 0.4) is 0 Å². The van der Waals surface area contributed by atoms with Gasteiger partial charge in [0, 0.05) is 5.92 Å². The third-order valence-corrected chi connectivity index (χ3v) is 2.58. The monoisotopic (exact) mass is 180 g/mol. The van der Waals surface area contributed by atoms with Gasteiger partial charge in [-0.3, -0.25) is 5.26 Å². The average Bonchev–Trinajstić information content (AvgIpc) is 2.18. The Kier molecular flexibility index (Phi) is 3.07. The van der Waals surface area contributed by atoms with Crippen LogP contribution < -0.4 is 0 Å². The van der Waals surface area contributed by atoms with Crippen molar-refractivity contribution in [2.24, 2.45) is 0 Å². The van der Waals surface area contributed by atoms with Crippen molar-refractivity contribution in [3.8, 4) is 0 Å². The SMILES string of the molecule is CC(c1ccccc1)C(C)(C)OO. The summed E-state index contributed by atoms with van der Waals surface area (Å²) in [7, 11) is 0. The van der Waals surface area contributed by atoms with Gasteiger partial charge in [0.15, 0.2) is 0 Å². The predicted octanol–water partition coefficient (Wildman–Crippen LogP) is 3.06. The predicted molar refractivity (Wildman–Crippen MR) is 52.6 cm³/mol. The van der Waals surface area contributed by atoms with Gasteiger partial charge in [-0.15, -0.1) is 0 Å². The lowest BCUT2D eigenvalue weighted by molar-refractivity contribution is -0.317. The molecule has 2 nitrogen and oxygen atoms in total. The first-order valence-electron chi connectivity index (χ1n) is 4.45. The van der Waals surface area contributed by atoms with Crippen molar-refractivity contribution in [3.05, 3.63) is 35.9 Å². The van der Waals surface area contributed by atoms with E-state index in [4.69, 9.17) is 5.26 Å². The zero-order chi connectivity index (χ0) is 9.90. The van der Waals surface area contributed by atoms with E-state index < -0.39 is 5.60 Å². The Morgan fingerprint density at radius 1 is 1.23 bits per heavy atom. The molecule has 1 rings (SSSR count). The van der Waals surface area contributed by atoms with Gasteiger partial charge < -0.3 is 0 Å². The summed E-state index contributed by atoms with van der Waals surface area (Å²) in [6, 6.07) is 10.0. The molecule has 0 bridgehead atoms. The Balaban J connectivity index is 2.85. The van der Waals surface area contributed by atoms with Gasteiger partial charge in [0.25, 0.3) is 0 Å². The first-order valence-corrected chi connectivity index (χ1v) is 4.45. The molecule has 0 saturated carbocycles. The maximum absolute atomic E-state index is 8.73. The van der Waals surface area contributed by atoms with E-state index in [0.29, 0.717) is 0 Å². The molecule has 2 heteroatoms. The highest BCUT2D eigenvalue weighted by Gasteiger charge is 2.28. The van der Waals surface area contributed by atoms with Crippen LogP contribution in [0.25, 0.3) is 0 Å². The number of rotatable bonds is 3. The molecule has 0 aromatic heterocycles. The maximum Gasteiger partial charge on any atom is 0.104 e. The van der Waals surface area contributed by atoms with Crippen LogP contribution >= 0.6 is 0 Å². The molecule has 0 amide bonds. The summed E-state index contributed by atoms with van der Waals surface area (Å²) < 4.78 is 0. The molecule has 1 atom stereocenters. The Morgan fingerprint density at radius 3 is 2.23 bits per heavy atom. The second-order valence-corrected chi connectivity index (χ2v) is 3.83. The van der Waals surface area contributed by atoms with Crippen molar-refractivity contribution >= 4 is 0 Å². The molecule has 0 aliphatic carbocycles. The van der Waals surface area contributed by atoms with Gasteiger partial charge in [0.05, 0.1) is 0 Å². The highest BCUT2D eigenvalue weighted by atomic mass is 17.1. The topological polar surface area (TPSA) is 29.5 Å². The van der Waals surface area contributed by atoms with E-state index in [9.17, 15) is 0 Å². The van der Waals surface area contributed by atoms with Gasteiger partial charge in [-0.05, 0) is 19.4 Å². The quantitative estimate of drug-likeness (QED) is 0.572. The first-order chi connectivity index (χ1) is 6.08. The molecule has 1 aromatic carbocycles. The van der Waals surface area contributed by atoms with Crippen LogP contribution in [-0.2, 0) is 4.89 Å². The zero-order valence-corrected chi connectivity index (χ0v) is 8.32. The lowest BCUT2D eigenvalue weighted by Crippen LogP contribution is -2.29. The number of hydrogen-bond acceptors (Lipinski definition) is 2. The van der Waals surface area contributed by atoms with Crippen LogP contribution in [-0.4, -0.2) is 10.9 Å². The minimum Gasteiger partial charge on any atom is -0.251 e. The van der Waals surface area contributed by atoms with Crippen LogP contribution in [0.1, 0.15) is 32.3 Å². The van der Waals surface area contributed by atoms with E-state index >= 15 is 0 Å². The van der Waals surface area contributed by atoms with Crippen molar-refractivity contribution in [1.29, 1.82) is 0 Å². The highest BCUT2D eigenvalue weighted by molar-refractivity contribution is 5.21. The molecule has 0 spiro atoms. The van der Waals surface area contributed by atoms with E-state index in [1.165, 1.54) is 5.56 Å². The van der Waals surface area contributed by atoms with Crippen molar-refractivity contribution in [3.63, 3.8) is 0 Å². The summed E-state index contributed by atoms with van der Waals surface area (Å²) in [6.07, 6.45) is 0. The molecule has 0 heterocycles. The summed E-state index contributed by atoms with van der Waals surface area (Å²) in [5.74, 6) is 0.165. The summed E-state index contributed by atoms with van der Waals surface area (Å²) in [5, 5.41) is 8.73. The Bertz CT molecular complexity index is 254. The Hall–Kier alpha value is -0.860. The number of benzene rings is 1. The lowest BCUT2D eigenvalue weighted by Gasteiger charge is -2.28. The molecule has 0 fully saturated rings. The minimum absolute atomic E-state index is 0.165. The normalized spacial score (nSPS) is 14.2. The smallest absolute Gasteiger partial charge is 0.104 e. The maximum atomic E-state index is 8.73. The summed E-state index contributed by atoms with van der Waals surface area (Å²) in [6.45, 7) is 5.76. The molecule has 1 unspecified atom stereocenters. The molecule has 0 saturated heterocycles. The molecule has 1 N–H and O–H groups in total. The van der Waals surface area contributed by atoms with Crippen molar-refractivity contribution in [2.75, 3.05) is 0 Å². The van der Waals surface area contributed by atoms with Crippen molar-refractivity contribution in [1.82, 2.24) is 0 Å². The molecule has 72 valence electrons. The average molecular weight is 180 g/mol. The second-order valence-electron chi connectivity index (χ2n) is 3.83. The van der Waals surface area contributed by atoms with Crippen molar-refractivity contribution < 1.29 is 10.1 Å². The second kappa shape index (κ2) is 3.90. The van der Waals surface area contributed by atoms with Crippen LogP contribution in [0.15, 0.2) is 30.3 Å². The molecule has 0 aliphatic heterocycles. The van der Waals surface area contributed by atoms with E-state index in [1.807, 2.05) is 51.1 Å². The fourth-order valence-corrected chi connectivity index (χ4v) is 1.22.